The maximum atomic E-state index is 12.3. The van der Waals surface area contributed by atoms with Gasteiger partial charge in [0.1, 0.15) is 5.60 Å². The molecule has 1 amide bonds. The molecule has 0 spiro atoms. The number of nitrogens with zero attached hydrogens (tertiary/aromatic N) is 1. The highest BCUT2D eigenvalue weighted by Gasteiger charge is 2.30. The van der Waals surface area contributed by atoms with Gasteiger partial charge in [0.05, 0.1) is 12.1 Å². The predicted molar refractivity (Wildman–Crippen MR) is 119 cm³/mol. The van der Waals surface area contributed by atoms with Gasteiger partial charge < -0.3 is 20.7 Å². The zero-order chi connectivity index (χ0) is 22.0. The normalized spacial score (nSPS) is 14.4. The third-order valence-electron chi connectivity index (χ3n) is 4.27. The van der Waals surface area contributed by atoms with Gasteiger partial charge in [-0.25, -0.2) is 4.79 Å². The molecule has 0 aromatic rings. The molecular weight excluding hydrogens is 376 g/mol. The molecule has 0 aromatic carbocycles. The second-order valence-electron chi connectivity index (χ2n) is 8.90. The topological polar surface area (TPSA) is 91.8 Å². The quantitative estimate of drug-likeness (QED) is 0.395. The highest BCUT2D eigenvalue weighted by Crippen LogP contribution is 2.17. The second kappa shape index (κ2) is 11.6. The van der Waals surface area contributed by atoms with E-state index >= 15 is 0 Å². The number of aliphatic imine (C=N–C) groups is 1. The van der Waals surface area contributed by atoms with Crippen molar-refractivity contribution in [3.63, 3.8) is 0 Å². The zero-order valence-corrected chi connectivity index (χ0v) is 20.1. The van der Waals surface area contributed by atoms with Crippen LogP contribution in [0.15, 0.2) is 4.99 Å². The highest BCUT2D eigenvalue weighted by molar-refractivity contribution is 7.86. The van der Waals surface area contributed by atoms with Crippen LogP contribution >= 0.6 is 0 Å². The number of hydrogen-bond acceptors (Lipinski definition) is 4. The molecule has 0 saturated heterocycles. The third-order valence-corrected chi connectivity index (χ3v) is 6.21. The van der Waals surface area contributed by atoms with Crippen molar-refractivity contribution in [2.24, 2.45) is 4.99 Å². The van der Waals surface area contributed by atoms with Crippen LogP contribution in [0.5, 0.6) is 0 Å². The molecule has 1 unspecified atom stereocenters. The Kier molecular flexibility index (Phi) is 11.1. The Morgan fingerprint density at radius 3 is 2.00 bits per heavy atom. The molecule has 0 bridgehead atoms. The summed E-state index contributed by atoms with van der Waals surface area (Å²) in [5.41, 5.74) is -1.02. The van der Waals surface area contributed by atoms with Crippen molar-refractivity contribution < 1.29 is 13.7 Å². The molecule has 0 aromatic heterocycles. The van der Waals surface area contributed by atoms with Gasteiger partial charge in [0.25, 0.3) is 0 Å². The van der Waals surface area contributed by atoms with E-state index in [-0.39, 0.29) is 4.75 Å². The summed E-state index contributed by atoms with van der Waals surface area (Å²) in [6.07, 6.45) is 1.05. The van der Waals surface area contributed by atoms with E-state index < -0.39 is 28.0 Å². The molecule has 0 fully saturated rings. The molecule has 3 N–H and O–H groups in total. The number of rotatable bonds is 9. The SMILES string of the molecule is CCNC(=NCC(CC)(CC)NC(=O)OC(C)(C)C)NCCS(=O)C(C)(C)C. The van der Waals surface area contributed by atoms with Crippen LogP contribution in [0.4, 0.5) is 4.79 Å². The van der Waals surface area contributed by atoms with E-state index in [0.29, 0.717) is 24.8 Å². The van der Waals surface area contributed by atoms with Crippen molar-refractivity contribution >= 4 is 22.9 Å². The lowest BCUT2D eigenvalue weighted by atomic mass is 9.93. The van der Waals surface area contributed by atoms with Gasteiger partial charge in [0.15, 0.2) is 5.96 Å². The average Bonchev–Trinajstić information content (AvgIpc) is 2.55. The zero-order valence-electron chi connectivity index (χ0n) is 19.3. The van der Waals surface area contributed by atoms with Gasteiger partial charge >= 0.3 is 6.09 Å². The number of ether oxygens (including phenoxy) is 1. The van der Waals surface area contributed by atoms with E-state index in [1.807, 2.05) is 62.3 Å². The minimum Gasteiger partial charge on any atom is -0.444 e. The Bertz CT molecular complexity index is 533. The molecule has 7 nitrogen and oxygen atoms in total. The van der Waals surface area contributed by atoms with Crippen LogP contribution in [-0.2, 0) is 15.5 Å². The standard InChI is InChI=1S/C20H42N4O3S/c1-10-20(11-2,24-17(25)27-18(4,5)6)15-23-16(21-12-3)22-13-14-28(26)19(7,8)9/h10-15H2,1-9H3,(H,24,25)(H2,21,22,23). The van der Waals surface area contributed by atoms with E-state index in [4.69, 9.17) is 4.74 Å². The summed E-state index contributed by atoms with van der Waals surface area (Å²) in [6, 6.07) is 0. The molecule has 0 saturated carbocycles. The maximum Gasteiger partial charge on any atom is 0.408 e. The Labute approximate surface area is 174 Å². The first-order chi connectivity index (χ1) is 12.8. The molecule has 8 heteroatoms. The fourth-order valence-corrected chi connectivity index (χ4v) is 3.25. The molecule has 1 atom stereocenters. The van der Waals surface area contributed by atoms with Crippen molar-refractivity contribution in [2.75, 3.05) is 25.4 Å². The highest BCUT2D eigenvalue weighted by atomic mass is 32.2. The monoisotopic (exact) mass is 418 g/mol. The Morgan fingerprint density at radius 2 is 1.57 bits per heavy atom. The lowest BCUT2D eigenvalue weighted by Crippen LogP contribution is -2.52. The van der Waals surface area contributed by atoms with Gasteiger partial charge in [-0.3, -0.25) is 9.20 Å². The average molecular weight is 419 g/mol. The number of guanidine groups is 1. The van der Waals surface area contributed by atoms with Gasteiger partial charge in [-0.15, -0.1) is 0 Å². The van der Waals surface area contributed by atoms with E-state index in [2.05, 4.69) is 20.9 Å². The maximum absolute atomic E-state index is 12.3. The first kappa shape index (κ1) is 26.7. The molecule has 0 radical (unpaired) electrons. The molecule has 0 aliphatic rings. The molecule has 0 aliphatic carbocycles. The van der Waals surface area contributed by atoms with Crippen LogP contribution in [0.25, 0.3) is 0 Å². The Balaban J connectivity index is 5.03. The van der Waals surface area contributed by atoms with Crippen LogP contribution in [0.1, 0.15) is 75.2 Å². The molecule has 28 heavy (non-hydrogen) atoms. The summed E-state index contributed by atoms with van der Waals surface area (Å²) in [5, 5.41) is 9.45. The summed E-state index contributed by atoms with van der Waals surface area (Å²) in [4.78, 5) is 16.9. The lowest BCUT2D eigenvalue weighted by molar-refractivity contribution is 0.0452. The predicted octanol–water partition coefficient (Wildman–Crippen LogP) is 3.17. The van der Waals surface area contributed by atoms with Crippen molar-refractivity contribution in [2.45, 2.75) is 91.0 Å². The minimum absolute atomic E-state index is 0.228. The van der Waals surface area contributed by atoms with Crippen molar-refractivity contribution in [1.82, 2.24) is 16.0 Å². The van der Waals surface area contributed by atoms with Gasteiger partial charge in [0.2, 0.25) is 0 Å². The van der Waals surface area contributed by atoms with Crippen molar-refractivity contribution in [1.29, 1.82) is 0 Å². The van der Waals surface area contributed by atoms with Gasteiger partial charge in [-0.1, -0.05) is 13.8 Å². The second-order valence-corrected chi connectivity index (χ2v) is 11.2. The Hall–Kier alpha value is -1.31. The van der Waals surface area contributed by atoms with Crippen LogP contribution in [0.2, 0.25) is 0 Å². The number of carbonyl (C=O) groups excluding carboxylic acids is 1. The van der Waals surface area contributed by atoms with Crippen LogP contribution in [0.3, 0.4) is 0 Å². The summed E-state index contributed by atoms with van der Waals surface area (Å²) in [7, 11) is -0.918. The number of hydrogen-bond donors (Lipinski definition) is 3. The molecule has 0 rings (SSSR count). The van der Waals surface area contributed by atoms with E-state index in [9.17, 15) is 9.00 Å². The van der Waals surface area contributed by atoms with Gasteiger partial charge in [-0.05, 0) is 61.3 Å². The third kappa shape index (κ3) is 10.9. The van der Waals surface area contributed by atoms with Crippen LogP contribution < -0.4 is 16.0 Å². The number of amides is 1. The molecule has 166 valence electrons. The van der Waals surface area contributed by atoms with Crippen LogP contribution in [-0.4, -0.2) is 57.5 Å². The summed E-state index contributed by atoms with van der Waals surface area (Å²) < 4.78 is 17.4. The molecule has 0 heterocycles. The summed E-state index contributed by atoms with van der Waals surface area (Å²) in [5.74, 6) is 1.21. The molecule has 0 aliphatic heterocycles. The van der Waals surface area contributed by atoms with Crippen LogP contribution in [0, 0.1) is 0 Å². The number of alkyl carbamates (subject to hydrolysis) is 1. The van der Waals surface area contributed by atoms with E-state index in [0.717, 1.165) is 19.4 Å². The lowest BCUT2D eigenvalue weighted by Gasteiger charge is -2.32. The van der Waals surface area contributed by atoms with E-state index in [1.165, 1.54) is 0 Å². The largest absolute Gasteiger partial charge is 0.444 e. The Morgan fingerprint density at radius 1 is 1.00 bits per heavy atom. The van der Waals surface area contributed by atoms with Crippen molar-refractivity contribution in [3.05, 3.63) is 0 Å². The molecular formula is C20H42N4O3S. The fraction of sp³-hybridized carbons (Fsp3) is 0.900. The van der Waals surface area contributed by atoms with Gasteiger partial charge in [0, 0.05) is 34.4 Å². The summed E-state index contributed by atoms with van der Waals surface area (Å²) in [6.45, 7) is 19.2. The number of carbonyl (C=O) groups is 1. The van der Waals surface area contributed by atoms with E-state index in [1.54, 1.807) is 0 Å². The number of nitrogens with one attached hydrogen (secondary N) is 3. The first-order valence-corrected chi connectivity index (χ1v) is 11.5. The smallest absolute Gasteiger partial charge is 0.408 e. The fourth-order valence-electron chi connectivity index (χ4n) is 2.35. The summed E-state index contributed by atoms with van der Waals surface area (Å²) >= 11 is 0. The van der Waals surface area contributed by atoms with Crippen molar-refractivity contribution in [3.8, 4) is 0 Å². The minimum atomic E-state index is -0.918. The first-order valence-electron chi connectivity index (χ1n) is 10.2. The van der Waals surface area contributed by atoms with Gasteiger partial charge in [-0.2, -0.15) is 0 Å².